The first kappa shape index (κ1) is 4.28. The lowest BCUT2D eigenvalue weighted by molar-refractivity contribution is -0.147. The van der Waals surface area contributed by atoms with Gasteiger partial charge in [-0.15, -0.1) is 0 Å². The van der Waals surface area contributed by atoms with E-state index >= 15 is 0 Å². The van der Waals surface area contributed by atoms with Gasteiger partial charge in [0.2, 0.25) is 0 Å². The van der Waals surface area contributed by atoms with Gasteiger partial charge >= 0.3 is 5.97 Å². The summed E-state index contributed by atoms with van der Waals surface area (Å²) in [6.45, 7) is -0.810. The maximum atomic E-state index is 10.1. The third kappa shape index (κ3) is 3.97. The fourth-order valence-electron chi connectivity index (χ4n) is 0.436. The molecule has 2 atom stereocenters. The van der Waals surface area contributed by atoms with Crippen LogP contribution in [0.3, 0.4) is 0 Å². The van der Waals surface area contributed by atoms with Gasteiger partial charge in [-0.05, 0) is 12.3 Å². The van der Waals surface area contributed by atoms with Crippen LogP contribution in [-0.4, -0.2) is 22.3 Å². The molecule has 2 N–H and O–H groups in total. The van der Waals surface area contributed by atoms with Crippen LogP contribution in [-0.2, 0) is 4.79 Å². The number of rotatable bonds is 3. The molecule has 0 aliphatic carbocycles. The Labute approximate surface area is 58.5 Å². The van der Waals surface area contributed by atoms with Crippen molar-refractivity contribution in [2.24, 2.45) is 5.92 Å². The summed E-state index contributed by atoms with van der Waals surface area (Å²) < 4.78 is 20.7. The molecule has 0 saturated heterocycles. The van der Waals surface area contributed by atoms with Crippen molar-refractivity contribution >= 4 is 5.97 Å². The Morgan fingerprint density at radius 1 is 1.89 bits per heavy atom. The number of carbonyl (C=O) groups is 1. The molecule has 3 nitrogen and oxygen atoms in total. The van der Waals surface area contributed by atoms with Crippen molar-refractivity contribution in [3.05, 3.63) is 0 Å². The Morgan fingerprint density at radius 3 is 2.78 bits per heavy atom. The highest BCUT2D eigenvalue weighted by atomic mass is 16.4. The Hall–Kier alpha value is -0.570. The number of hydrogen-bond donors (Lipinski definition) is 2. The van der Waals surface area contributed by atoms with Crippen molar-refractivity contribution in [3.8, 4) is 0 Å². The Balaban J connectivity index is 4.01. The average molecular weight is 135 g/mol. The van der Waals surface area contributed by atoms with E-state index < -0.39 is 24.8 Å². The molecule has 0 radical (unpaired) electrons. The third-order valence-corrected chi connectivity index (χ3v) is 0.862. The smallest absolute Gasteiger partial charge is 0.332 e. The molecule has 0 heterocycles. The second kappa shape index (κ2) is 3.45. The molecule has 0 fully saturated rings. The molecule has 0 aromatic heterocycles. The second-order valence-corrected chi connectivity index (χ2v) is 1.99. The van der Waals surface area contributed by atoms with Crippen molar-refractivity contribution in [2.45, 2.75) is 26.3 Å². The molecule has 3 heteroatoms. The molecule has 0 aliphatic rings. The summed E-state index contributed by atoms with van der Waals surface area (Å²) in [5.74, 6) is -2.19. The first-order valence-corrected chi connectivity index (χ1v) is 2.66. The highest BCUT2D eigenvalue weighted by Gasteiger charge is 2.13. The van der Waals surface area contributed by atoms with Crippen LogP contribution in [0, 0.1) is 5.92 Å². The van der Waals surface area contributed by atoms with Gasteiger partial charge in [-0.1, -0.05) is 13.8 Å². The molecule has 54 valence electrons. The van der Waals surface area contributed by atoms with Gasteiger partial charge in [0.25, 0.3) is 0 Å². The minimum atomic E-state index is -2.20. The van der Waals surface area contributed by atoms with Gasteiger partial charge in [-0.2, -0.15) is 0 Å². The normalized spacial score (nSPS) is 23.1. The molecule has 0 aromatic rings. The van der Waals surface area contributed by atoms with Crippen LogP contribution in [0.4, 0.5) is 0 Å². The third-order valence-electron chi connectivity index (χ3n) is 0.862. The van der Waals surface area contributed by atoms with Crippen LogP contribution < -0.4 is 0 Å². The fourth-order valence-corrected chi connectivity index (χ4v) is 0.436. The first-order valence-electron chi connectivity index (χ1n) is 4.16. The number of carboxylic acids is 1. The van der Waals surface area contributed by atoms with Gasteiger partial charge in [-0.3, -0.25) is 0 Å². The van der Waals surface area contributed by atoms with Crippen LogP contribution in [0.2, 0.25) is 0 Å². The Morgan fingerprint density at radius 2 is 2.44 bits per heavy atom. The van der Waals surface area contributed by atoms with Crippen molar-refractivity contribution < 1.29 is 19.1 Å². The van der Waals surface area contributed by atoms with E-state index in [4.69, 9.17) is 14.3 Å². The highest BCUT2D eigenvalue weighted by Crippen LogP contribution is 2.03. The molecular formula is C6H12O3. The summed E-state index contributed by atoms with van der Waals surface area (Å²) in [5.41, 5.74) is 0. The standard InChI is InChI=1S/C6H12O3/c1-4(2)3-5(7)6(8)9/h4-5,7H,3H2,1-2H3,(H,8,9)/t5-/m0/s1/i1D3/t4?,5-. The summed E-state index contributed by atoms with van der Waals surface area (Å²) in [6, 6.07) is 0. The monoisotopic (exact) mass is 135 g/mol. The van der Waals surface area contributed by atoms with Crippen molar-refractivity contribution in [3.63, 3.8) is 0 Å². The summed E-state index contributed by atoms with van der Waals surface area (Å²) in [7, 11) is 0. The van der Waals surface area contributed by atoms with Crippen molar-refractivity contribution in [1.29, 1.82) is 0 Å². The predicted molar refractivity (Wildman–Crippen MR) is 33.1 cm³/mol. The van der Waals surface area contributed by atoms with Crippen LogP contribution in [0.1, 0.15) is 24.3 Å². The van der Waals surface area contributed by atoms with E-state index in [9.17, 15) is 4.79 Å². The lowest BCUT2D eigenvalue weighted by Crippen LogP contribution is -2.21. The lowest BCUT2D eigenvalue weighted by atomic mass is 10.1. The van der Waals surface area contributed by atoms with Crippen LogP contribution in [0.5, 0.6) is 0 Å². The highest BCUT2D eigenvalue weighted by molar-refractivity contribution is 5.71. The van der Waals surface area contributed by atoms with Gasteiger partial charge in [0, 0.05) is 4.11 Å². The number of aliphatic carboxylic acids is 1. The van der Waals surface area contributed by atoms with Crippen molar-refractivity contribution in [1.82, 2.24) is 0 Å². The number of aliphatic hydroxyl groups excluding tert-OH is 1. The molecule has 0 aliphatic heterocycles. The molecule has 0 rings (SSSR count). The molecule has 0 amide bonds. The average Bonchev–Trinajstić information content (AvgIpc) is 1.85. The summed E-state index contributed by atoms with van der Waals surface area (Å²) in [4.78, 5) is 10.1. The van der Waals surface area contributed by atoms with E-state index in [0.29, 0.717) is 0 Å². The van der Waals surface area contributed by atoms with E-state index in [2.05, 4.69) is 0 Å². The summed E-state index contributed by atoms with van der Waals surface area (Å²) in [5, 5.41) is 17.1. The lowest BCUT2D eigenvalue weighted by Gasteiger charge is -2.06. The fraction of sp³-hybridized carbons (Fsp3) is 0.833. The van der Waals surface area contributed by atoms with Gasteiger partial charge in [-0.25, -0.2) is 4.79 Å². The SMILES string of the molecule is [2H]C([2H])([2H])C(C)C[C@H](O)C(=O)O. The number of carboxylic acid groups (broad SMARTS) is 1. The molecule has 9 heavy (non-hydrogen) atoms. The number of aliphatic hydroxyl groups is 1. The molecule has 1 unspecified atom stereocenters. The maximum absolute atomic E-state index is 10.1. The first-order chi connectivity index (χ1) is 5.25. The maximum Gasteiger partial charge on any atom is 0.332 e. The molecule has 0 spiro atoms. The predicted octanol–water partition coefficient (Wildman–Crippen LogP) is 0.478. The minimum Gasteiger partial charge on any atom is -0.479 e. The van der Waals surface area contributed by atoms with Crippen LogP contribution in [0.15, 0.2) is 0 Å². The van der Waals surface area contributed by atoms with Crippen molar-refractivity contribution in [2.75, 3.05) is 0 Å². The zero-order valence-electron chi connectivity index (χ0n) is 8.16. The zero-order valence-corrected chi connectivity index (χ0v) is 5.16. The second-order valence-electron chi connectivity index (χ2n) is 1.99. The van der Waals surface area contributed by atoms with E-state index in [1.54, 1.807) is 0 Å². The molecule has 0 saturated carbocycles. The van der Waals surface area contributed by atoms with Gasteiger partial charge < -0.3 is 10.2 Å². The summed E-state index contributed by atoms with van der Waals surface area (Å²) in [6.07, 6.45) is -1.83. The van der Waals surface area contributed by atoms with Gasteiger partial charge in [0.05, 0.1) is 0 Å². The van der Waals surface area contributed by atoms with E-state index in [-0.39, 0.29) is 6.42 Å². The minimum absolute atomic E-state index is 0.244. The van der Waals surface area contributed by atoms with Gasteiger partial charge in [0.1, 0.15) is 0 Å². The largest absolute Gasteiger partial charge is 0.479 e. The molecular weight excluding hydrogens is 120 g/mol. The van der Waals surface area contributed by atoms with E-state index in [1.165, 1.54) is 6.92 Å². The number of hydrogen-bond acceptors (Lipinski definition) is 2. The quantitative estimate of drug-likeness (QED) is 0.591. The summed E-state index contributed by atoms with van der Waals surface area (Å²) >= 11 is 0. The molecule has 0 bridgehead atoms. The van der Waals surface area contributed by atoms with Gasteiger partial charge in [0.15, 0.2) is 6.10 Å². The van der Waals surface area contributed by atoms with Crippen LogP contribution in [0.25, 0.3) is 0 Å². The topological polar surface area (TPSA) is 57.5 Å². The van der Waals surface area contributed by atoms with E-state index in [0.717, 1.165) is 0 Å². The zero-order chi connectivity index (χ0) is 9.94. The Bertz CT molecular complexity index is 166. The Kier molecular flexibility index (Phi) is 1.64. The van der Waals surface area contributed by atoms with Crippen LogP contribution >= 0.6 is 0 Å². The van der Waals surface area contributed by atoms with E-state index in [1.807, 2.05) is 0 Å². The molecule has 0 aromatic carbocycles.